The number of aromatic nitrogens is 1. The molecule has 0 aliphatic rings. The van der Waals surface area contributed by atoms with Gasteiger partial charge in [0, 0.05) is 36.4 Å². The third-order valence-corrected chi connectivity index (χ3v) is 4.19. The van der Waals surface area contributed by atoms with Crippen molar-refractivity contribution in [2.45, 2.75) is 12.6 Å². The fourth-order valence-electron chi connectivity index (χ4n) is 2.69. The van der Waals surface area contributed by atoms with Crippen LogP contribution in [0.25, 0.3) is 10.8 Å². The molecule has 1 aromatic heterocycles. The van der Waals surface area contributed by atoms with E-state index in [0.717, 1.165) is 16.3 Å². The van der Waals surface area contributed by atoms with Crippen LogP contribution in [0.5, 0.6) is 0 Å². The topological polar surface area (TPSA) is 53.4 Å². The highest BCUT2D eigenvalue weighted by molar-refractivity contribution is 6.30. The Morgan fingerprint density at radius 1 is 1.25 bits per heavy atom. The van der Waals surface area contributed by atoms with Gasteiger partial charge in [-0.05, 0) is 34.7 Å². The van der Waals surface area contributed by atoms with Gasteiger partial charge in [0.2, 0.25) is 0 Å². The van der Waals surface area contributed by atoms with Crippen molar-refractivity contribution in [2.24, 2.45) is 0 Å². The first-order valence-corrected chi connectivity index (χ1v) is 7.94. The van der Waals surface area contributed by atoms with Gasteiger partial charge in [-0.3, -0.25) is 9.78 Å². The van der Waals surface area contributed by atoms with E-state index in [0.29, 0.717) is 17.1 Å². The summed E-state index contributed by atoms with van der Waals surface area (Å²) in [4.78, 5) is 18.1. The van der Waals surface area contributed by atoms with E-state index in [1.165, 1.54) is 4.90 Å². The molecule has 0 bridgehead atoms. The van der Waals surface area contributed by atoms with Crippen molar-refractivity contribution >= 4 is 28.3 Å². The average Bonchev–Trinajstić information content (AvgIpc) is 2.60. The highest BCUT2D eigenvalue weighted by Crippen LogP contribution is 2.22. The number of rotatable bonds is 4. The number of benzene rings is 2. The molecule has 122 valence electrons. The summed E-state index contributed by atoms with van der Waals surface area (Å²) >= 11 is 5.93. The number of fused-ring (bicyclic) bond motifs is 1. The lowest BCUT2D eigenvalue weighted by molar-refractivity contribution is -0.139. The number of carbonyl (C=O) groups is 1. The normalized spacial score (nSPS) is 12.1. The molecule has 3 aromatic rings. The summed E-state index contributed by atoms with van der Waals surface area (Å²) < 4.78 is 0. The Balaban J connectivity index is 1.81. The van der Waals surface area contributed by atoms with Gasteiger partial charge in [-0.15, -0.1) is 0 Å². The fourth-order valence-corrected chi connectivity index (χ4v) is 2.89. The fraction of sp³-hybridized carbons (Fsp3) is 0.158. The molecule has 0 fully saturated rings. The second kappa shape index (κ2) is 6.99. The molecule has 4 nitrogen and oxygen atoms in total. The summed E-state index contributed by atoms with van der Waals surface area (Å²) in [7, 11) is 1.68. The number of hydrogen-bond donors (Lipinski definition) is 1. The van der Waals surface area contributed by atoms with Crippen molar-refractivity contribution in [3.05, 3.63) is 77.1 Å². The molecule has 2 aromatic carbocycles. The second-order valence-electron chi connectivity index (χ2n) is 5.67. The van der Waals surface area contributed by atoms with E-state index in [1.54, 1.807) is 43.7 Å². The molecule has 0 unspecified atom stereocenters. The van der Waals surface area contributed by atoms with Crippen LogP contribution < -0.4 is 0 Å². The highest BCUT2D eigenvalue weighted by Gasteiger charge is 2.22. The van der Waals surface area contributed by atoms with Crippen LogP contribution in [0.4, 0.5) is 0 Å². The molecule has 0 aliphatic heterocycles. The molecule has 24 heavy (non-hydrogen) atoms. The zero-order valence-corrected chi connectivity index (χ0v) is 13.9. The second-order valence-corrected chi connectivity index (χ2v) is 6.10. The van der Waals surface area contributed by atoms with Crippen LogP contribution in [-0.2, 0) is 11.3 Å². The summed E-state index contributed by atoms with van der Waals surface area (Å²) in [5.74, 6) is -0.372. The molecule has 0 saturated heterocycles. The maximum Gasteiger partial charge on any atom is 0.256 e. The van der Waals surface area contributed by atoms with Crippen molar-refractivity contribution in [1.82, 2.24) is 9.88 Å². The molecule has 1 N–H and O–H groups in total. The number of amides is 1. The predicted molar refractivity (Wildman–Crippen MR) is 94.6 cm³/mol. The van der Waals surface area contributed by atoms with E-state index < -0.39 is 6.10 Å². The van der Waals surface area contributed by atoms with Crippen molar-refractivity contribution in [3.8, 4) is 0 Å². The van der Waals surface area contributed by atoms with E-state index in [1.807, 2.05) is 24.3 Å². The van der Waals surface area contributed by atoms with Crippen LogP contribution in [0.3, 0.4) is 0 Å². The van der Waals surface area contributed by atoms with E-state index >= 15 is 0 Å². The molecule has 1 amide bonds. The first-order valence-electron chi connectivity index (χ1n) is 7.56. The lowest BCUT2D eigenvalue weighted by Crippen LogP contribution is -2.31. The molecular formula is C19H17ClN2O2. The third-order valence-electron chi connectivity index (χ3n) is 3.95. The number of carbonyl (C=O) groups excluding carboxylic acids is 1. The summed E-state index contributed by atoms with van der Waals surface area (Å²) in [6, 6.07) is 14.5. The van der Waals surface area contributed by atoms with Gasteiger partial charge in [-0.25, -0.2) is 0 Å². The number of pyridine rings is 1. The SMILES string of the molecule is CN(Cc1cccc2cnccc12)C(=O)[C@H](O)c1cccc(Cl)c1. The number of hydrogen-bond acceptors (Lipinski definition) is 3. The highest BCUT2D eigenvalue weighted by atomic mass is 35.5. The molecule has 1 atom stereocenters. The van der Waals surface area contributed by atoms with Crippen LogP contribution in [-0.4, -0.2) is 27.9 Å². The first kappa shape index (κ1) is 16.4. The van der Waals surface area contributed by atoms with Crippen molar-refractivity contribution < 1.29 is 9.90 Å². The smallest absolute Gasteiger partial charge is 0.256 e. The standard InChI is InChI=1S/C19H17ClN2O2/c1-22(19(24)18(23)13-4-3-7-16(20)10-13)12-15-6-2-5-14-11-21-9-8-17(14)15/h2-11,18,23H,12H2,1H3/t18-/m1/s1. The van der Waals surface area contributed by atoms with Crippen molar-refractivity contribution in [1.29, 1.82) is 0 Å². The molecule has 0 radical (unpaired) electrons. The Labute approximate surface area is 145 Å². The molecular weight excluding hydrogens is 324 g/mol. The minimum Gasteiger partial charge on any atom is -0.378 e. The zero-order valence-electron chi connectivity index (χ0n) is 13.2. The predicted octanol–water partition coefficient (Wildman–Crippen LogP) is 3.58. The average molecular weight is 341 g/mol. The number of aliphatic hydroxyl groups excluding tert-OH is 1. The third kappa shape index (κ3) is 3.40. The summed E-state index contributed by atoms with van der Waals surface area (Å²) in [5.41, 5.74) is 1.49. The Kier molecular flexibility index (Phi) is 4.79. The number of halogens is 1. The van der Waals surface area contributed by atoms with E-state index in [4.69, 9.17) is 11.6 Å². The van der Waals surface area contributed by atoms with Crippen molar-refractivity contribution in [2.75, 3.05) is 7.05 Å². The Morgan fingerprint density at radius 3 is 2.83 bits per heavy atom. The van der Waals surface area contributed by atoms with Crippen LogP contribution in [0.2, 0.25) is 5.02 Å². The van der Waals surface area contributed by atoms with Gasteiger partial charge in [0.1, 0.15) is 0 Å². The molecule has 0 aliphatic carbocycles. The van der Waals surface area contributed by atoms with E-state index in [9.17, 15) is 9.90 Å². The molecule has 1 heterocycles. The quantitative estimate of drug-likeness (QED) is 0.789. The van der Waals surface area contributed by atoms with Crippen LogP contribution in [0.15, 0.2) is 60.9 Å². The van der Waals surface area contributed by atoms with Gasteiger partial charge in [-0.1, -0.05) is 41.9 Å². The van der Waals surface area contributed by atoms with Gasteiger partial charge >= 0.3 is 0 Å². The van der Waals surface area contributed by atoms with Crippen molar-refractivity contribution in [3.63, 3.8) is 0 Å². The number of likely N-dealkylation sites (N-methyl/N-ethyl adjacent to an activating group) is 1. The largest absolute Gasteiger partial charge is 0.378 e. The lowest BCUT2D eigenvalue weighted by Gasteiger charge is -2.22. The van der Waals surface area contributed by atoms with Gasteiger partial charge in [0.15, 0.2) is 6.10 Å². The Morgan fingerprint density at radius 2 is 2.04 bits per heavy atom. The number of aliphatic hydroxyl groups is 1. The first-order chi connectivity index (χ1) is 11.6. The monoisotopic (exact) mass is 340 g/mol. The Hall–Kier alpha value is -2.43. The Bertz CT molecular complexity index is 877. The van der Waals surface area contributed by atoms with Gasteiger partial charge < -0.3 is 10.0 Å². The molecule has 0 spiro atoms. The molecule has 3 rings (SSSR count). The summed E-state index contributed by atoms with van der Waals surface area (Å²) in [5, 5.41) is 12.9. The van der Waals surface area contributed by atoms with Gasteiger partial charge in [-0.2, -0.15) is 0 Å². The minimum atomic E-state index is -1.23. The maximum atomic E-state index is 12.5. The minimum absolute atomic E-state index is 0.372. The van der Waals surface area contributed by atoms with Crippen LogP contribution in [0.1, 0.15) is 17.2 Å². The maximum absolute atomic E-state index is 12.5. The molecule has 5 heteroatoms. The van der Waals surface area contributed by atoms with E-state index in [-0.39, 0.29) is 5.91 Å². The van der Waals surface area contributed by atoms with Gasteiger partial charge in [0.25, 0.3) is 5.91 Å². The summed E-state index contributed by atoms with van der Waals surface area (Å²) in [6.07, 6.45) is 2.29. The van der Waals surface area contributed by atoms with Crippen LogP contribution >= 0.6 is 11.6 Å². The van der Waals surface area contributed by atoms with Gasteiger partial charge in [0.05, 0.1) is 0 Å². The number of nitrogens with zero attached hydrogens (tertiary/aromatic N) is 2. The van der Waals surface area contributed by atoms with E-state index in [2.05, 4.69) is 4.98 Å². The summed E-state index contributed by atoms with van der Waals surface area (Å²) in [6.45, 7) is 0.401. The van der Waals surface area contributed by atoms with Crippen LogP contribution in [0, 0.1) is 0 Å². The lowest BCUT2D eigenvalue weighted by atomic mass is 10.1. The molecule has 0 saturated carbocycles. The zero-order chi connectivity index (χ0) is 17.1.